The van der Waals surface area contributed by atoms with Crippen LogP contribution >= 0.6 is 0 Å². The first kappa shape index (κ1) is 16.7. The number of aromatic nitrogens is 4. The van der Waals surface area contributed by atoms with Crippen LogP contribution in [0, 0.1) is 6.92 Å². The van der Waals surface area contributed by atoms with Crippen LogP contribution in [0.1, 0.15) is 40.6 Å². The molecule has 28 heavy (non-hydrogen) atoms. The number of nitrogens with zero attached hydrogens (tertiary/aromatic N) is 3. The summed E-state index contributed by atoms with van der Waals surface area (Å²) in [5.41, 5.74) is 4.63. The zero-order valence-electron chi connectivity index (χ0n) is 15.6. The van der Waals surface area contributed by atoms with Gasteiger partial charge in [-0.05, 0) is 43.5 Å². The van der Waals surface area contributed by atoms with Gasteiger partial charge in [0.1, 0.15) is 11.6 Å². The summed E-state index contributed by atoms with van der Waals surface area (Å²) in [4.78, 5) is 31.0. The largest absolute Gasteiger partial charge is 0.345 e. The number of carbonyl (C=O) groups is 1. The average molecular weight is 371 g/mol. The number of nitrogens with one attached hydrogen (secondary N) is 2. The van der Waals surface area contributed by atoms with Crippen molar-refractivity contribution in [2.75, 3.05) is 6.54 Å². The highest BCUT2D eigenvalue weighted by molar-refractivity contribution is 6.00. The highest BCUT2D eigenvalue weighted by Crippen LogP contribution is 2.34. The maximum Gasteiger partial charge on any atom is 0.255 e. The van der Waals surface area contributed by atoms with Crippen LogP contribution in [0.25, 0.3) is 22.4 Å². The Kier molecular flexibility index (Phi) is 3.97. The van der Waals surface area contributed by atoms with Crippen LogP contribution in [0.5, 0.6) is 0 Å². The van der Waals surface area contributed by atoms with Crippen molar-refractivity contribution in [3.05, 3.63) is 71.8 Å². The van der Waals surface area contributed by atoms with Crippen molar-refractivity contribution in [3.8, 4) is 11.4 Å². The highest BCUT2D eigenvalue weighted by Gasteiger charge is 2.33. The van der Waals surface area contributed by atoms with Crippen molar-refractivity contribution in [3.63, 3.8) is 0 Å². The lowest BCUT2D eigenvalue weighted by Crippen LogP contribution is -2.31. The quantitative estimate of drug-likeness (QED) is 0.565. The second-order valence-corrected chi connectivity index (χ2v) is 7.28. The van der Waals surface area contributed by atoms with Crippen LogP contribution in [-0.2, 0) is 0 Å². The van der Waals surface area contributed by atoms with Gasteiger partial charge < -0.3 is 14.9 Å². The number of rotatable bonds is 3. The zero-order chi connectivity index (χ0) is 19.1. The molecular formula is C22H21N5O. The summed E-state index contributed by atoms with van der Waals surface area (Å²) in [6.45, 7) is 2.79. The van der Waals surface area contributed by atoms with Crippen LogP contribution < -0.4 is 0 Å². The van der Waals surface area contributed by atoms with E-state index >= 15 is 0 Å². The van der Waals surface area contributed by atoms with Crippen molar-refractivity contribution < 1.29 is 4.79 Å². The molecule has 0 aliphatic carbocycles. The number of aromatic amines is 2. The lowest BCUT2D eigenvalue weighted by atomic mass is 10.1. The van der Waals surface area contributed by atoms with Gasteiger partial charge in [0, 0.05) is 24.5 Å². The molecule has 1 aliphatic rings. The molecule has 1 amide bonds. The fourth-order valence-electron chi connectivity index (χ4n) is 4.04. The van der Waals surface area contributed by atoms with Gasteiger partial charge >= 0.3 is 0 Å². The Labute approximate surface area is 162 Å². The van der Waals surface area contributed by atoms with Crippen LogP contribution in [0.15, 0.2) is 54.9 Å². The molecule has 1 atom stereocenters. The Bertz CT molecular complexity index is 1140. The number of carbonyl (C=O) groups excluding carboxylic acids is 1. The first-order valence-electron chi connectivity index (χ1n) is 9.57. The topological polar surface area (TPSA) is 77.7 Å². The van der Waals surface area contributed by atoms with E-state index in [-0.39, 0.29) is 11.9 Å². The van der Waals surface area contributed by atoms with E-state index in [0.29, 0.717) is 11.4 Å². The summed E-state index contributed by atoms with van der Waals surface area (Å²) in [7, 11) is 0. The van der Waals surface area contributed by atoms with Gasteiger partial charge in [-0.3, -0.25) is 4.79 Å². The number of imidazole rings is 2. The summed E-state index contributed by atoms with van der Waals surface area (Å²) in [6, 6.07) is 13.8. The molecule has 140 valence electrons. The van der Waals surface area contributed by atoms with E-state index in [1.165, 1.54) is 5.56 Å². The monoisotopic (exact) mass is 371 g/mol. The molecule has 5 rings (SSSR count). The second-order valence-electron chi connectivity index (χ2n) is 7.28. The number of fused-ring (bicyclic) bond motifs is 1. The smallest absolute Gasteiger partial charge is 0.255 e. The standard InChI is InChI=1S/C22H21N5O/c1-14-8-9-17-18(13-14)26-21(25-17)19-7-4-12-27(19)22(28)16-6-3-2-5-15(16)20-23-10-11-24-20/h2-3,5-6,8-11,13,19H,4,7,12H2,1H3,(H,23,24)(H,25,26)/t19-/m0/s1. The van der Waals surface area contributed by atoms with Crippen LogP contribution in [0.3, 0.4) is 0 Å². The molecule has 0 spiro atoms. The molecule has 0 unspecified atom stereocenters. The number of benzene rings is 2. The molecule has 0 bridgehead atoms. The molecule has 2 aromatic heterocycles. The Hall–Kier alpha value is -3.41. The van der Waals surface area contributed by atoms with Crippen molar-refractivity contribution in [1.29, 1.82) is 0 Å². The van der Waals surface area contributed by atoms with E-state index < -0.39 is 0 Å². The van der Waals surface area contributed by atoms with Gasteiger partial charge in [0.2, 0.25) is 0 Å². The molecular weight excluding hydrogens is 350 g/mol. The summed E-state index contributed by atoms with van der Waals surface area (Å²) in [5, 5.41) is 0. The van der Waals surface area contributed by atoms with Crippen LogP contribution in [0.4, 0.5) is 0 Å². The Balaban J connectivity index is 1.51. The van der Waals surface area contributed by atoms with Gasteiger partial charge in [-0.15, -0.1) is 0 Å². The molecule has 0 radical (unpaired) electrons. The number of H-pyrrole nitrogens is 2. The normalized spacial score (nSPS) is 16.8. The predicted octanol–water partition coefficient (Wildman–Crippen LogP) is 4.24. The highest BCUT2D eigenvalue weighted by atomic mass is 16.2. The van der Waals surface area contributed by atoms with E-state index in [4.69, 9.17) is 4.98 Å². The third kappa shape index (κ3) is 2.78. The average Bonchev–Trinajstić information content (AvgIpc) is 3.46. The van der Waals surface area contributed by atoms with Crippen molar-refractivity contribution in [2.24, 2.45) is 0 Å². The molecule has 6 heteroatoms. The van der Waals surface area contributed by atoms with Crippen molar-refractivity contribution in [2.45, 2.75) is 25.8 Å². The number of hydrogen-bond acceptors (Lipinski definition) is 3. The molecule has 1 saturated heterocycles. The molecule has 1 fully saturated rings. The lowest BCUT2D eigenvalue weighted by molar-refractivity contribution is 0.0731. The summed E-state index contributed by atoms with van der Waals surface area (Å²) >= 11 is 0. The fraction of sp³-hybridized carbons (Fsp3) is 0.227. The lowest BCUT2D eigenvalue weighted by Gasteiger charge is -2.24. The Morgan fingerprint density at radius 1 is 1.21 bits per heavy atom. The molecule has 1 aliphatic heterocycles. The maximum atomic E-state index is 13.5. The minimum atomic E-state index is -0.0372. The summed E-state index contributed by atoms with van der Waals surface area (Å²) < 4.78 is 0. The van der Waals surface area contributed by atoms with Crippen molar-refractivity contribution >= 4 is 16.9 Å². The van der Waals surface area contributed by atoms with E-state index in [9.17, 15) is 4.79 Å². The maximum absolute atomic E-state index is 13.5. The van der Waals surface area contributed by atoms with E-state index in [0.717, 1.165) is 41.8 Å². The van der Waals surface area contributed by atoms with Crippen LogP contribution in [0.2, 0.25) is 0 Å². The predicted molar refractivity (Wildman–Crippen MR) is 108 cm³/mol. The van der Waals surface area contributed by atoms with Gasteiger partial charge in [0.25, 0.3) is 5.91 Å². The Morgan fingerprint density at radius 3 is 2.96 bits per heavy atom. The Morgan fingerprint density at radius 2 is 2.11 bits per heavy atom. The second kappa shape index (κ2) is 6.64. The minimum Gasteiger partial charge on any atom is -0.345 e. The first-order valence-corrected chi connectivity index (χ1v) is 9.57. The van der Waals surface area contributed by atoms with Gasteiger partial charge in [0.05, 0.1) is 22.6 Å². The van der Waals surface area contributed by atoms with Gasteiger partial charge in [-0.1, -0.05) is 24.3 Å². The summed E-state index contributed by atoms with van der Waals surface area (Å²) in [6.07, 6.45) is 5.35. The number of likely N-dealkylation sites (tertiary alicyclic amines) is 1. The van der Waals surface area contributed by atoms with Crippen LogP contribution in [-0.4, -0.2) is 37.3 Å². The van der Waals surface area contributed by atoms with E-state index in [1.807, 2.05) is 35.2 Å². The number of amides is 1. The SMILES string of the molecule is Cc1ccc2nc([C@@H]3CCCN3C(=O)c3ccccc3-c3ncc[nH]3)[nH]c2c1. The van der Waals surface area contributed by atoms with Gasteiger partial charge in [-0.25, -0.2) is 9.97 Å². The third-order valence-electron chi connectivity index (χ3n) is 5.40. The van der Waals surface area contributed by atoms with E-state index in [2.05, 4.69) is 34.0 Å². The van der Waals surface area contributed by atoms with Gasteiger partial charge in [-0.2, -0.15) is 0 Å². The zero-order valence-corrected chi connectivity index (χ0v) is 15.6. The summed E-state index contributed by atoms with van der Waals surface area (Å²) in [5.74, 6) is 1.59. The first-order chi connectivity index (χ1) is 13.7. The molecule has 2 N–H and O–H groups in total. The molecule has 0 saturated carbocycles. The number of aryl methyl sites for hydroxylation is 1. The molecule has 4 aromatic rings. The molecule has 6 nitrogen and oxygen atoms in total. The van der Waals surface area contributed by atoms with Gasteiger partial charge in [0.15, 0.2) is 0 Å². The minimum absolute atomic E-state index is 0.0196. The number of hydrogen-bond donors (Lipinski definition) is 2. The molecule has 3 heterocycles. The third-order valence-corrected chi connectivity index (χ3v) is 5.40. The molecule has 2 aromatic carbocycles. The van der Waals surface area contributed by atoms with Crippen molar-refractivity contribution in [1.82, 2.24) is 24.8 Å². The fourth-order valence-corrected chi connectivity index (χ4v) is 4.04. The van der Waals surface area contributed by atoms with E-state index in [1.54, 1.807) is 12.4 Å².